The van der Waals surface area contributed by atoms with E-state index in [1.165, 1.54) is 0 Å². The van der Waals surface area contributed by atoms with Gasteiger partial charge in [-0.05, 0) is 46.2 Å². The molecule has 0 saturated carbocycles. The van der Waals surface area contributed by atoms with Gasteiger partial charge >= 0.3 is 0 Å². The molecule has 0 spiro atoms. The van der Waals surface area contributed by atoms with Crippen molar-refractivity contribution in [1.82, 2.24) is 4.98 Å². The fraction of sp³-hybridized carbons (Fsp3) is 0.244. The average molecular weight is 610 g/mol. The van der Waals surface area contributed by atoms with Crippen LogP contribution in [0.25, 0.3) is 0 Å². The lowest BCUT2D eigenvalue weighted by atomic mass is 9.76. The summed E-state index contributed by atoms with van der Waals surface area (Å²) >= 11 is 0. The van der Waals surface area contributed by atoms with Crippen LogP contribution in [0.2, 0.25) is 0 Å². The molecule has 4 aromatic carbocycles. The molecule has 2 N–H and O–H groups in total. The van der Waals surface area contributed by atoms with Gasteiger partial charge < -0.3 is 10.2 Å². The molecule has 5 nitrogen and oxygen atoms in total. The molecule has 5 rings (SSSR count). The summed E-state index contributed by atoms with van der Waals surface area (Å²) in [6.07, 6.45) is 3.48. The maximum absolute atomic E-state index is 12.4. The first-order valence-electron chi connectivity index (χ1n) is 15.9. The molecule has 0 amide bonds. The Morgan fingerprint density at radius 3 is 1.00 bits per heavy atom. The highest BCUT2D eigenvalue weighted by atomic mass is 16.3. The van der Waals surface area contributed by atoms with E-state index in [2.05, 4.69) is 27.7 Å². The van der Waals surface area contributed by atoms with E-state index in [1.807, 2.05) is 140 Å². The maximum Gasteiger partial charge on any atom is 0.137 e. The Labute approximate surface area is 273 Å². The normalized spacial score (nSPS) is 13.9. The van der Waals surface area contributed by atoms with Gasteiger partial charge in [0.1, 0.15) is 11.2 Å². The number of nitrogens with zero attached hydrogens (tertiary/aromatic N) is 3. The van der Waals surface area contributed by atoms with Gasteiger partial charge in [-0.15, -0.1) is 0 Å². The highest BCUT2D eigenvalue weighted by molar-refractivity contribution is 5.82. The molecule has 0 radical (unpaired) electrons. The minimum atomic E-state index is -1.34. The molecule has 0 unspecified atom stereocenters. The molecule has 46 heavy (non-hydrogen) atoms. The topological polar surface area (TPSA) is 78.1 Å². The Morgan fingerprint density at radius 2 is 0.739 bits per heavy atom. The van der Waals surface area contributed by atoms with E-state index >= 15 is 0 Å². The van der Waals surface area contributed by atoms with Crippen molar-refractivity contribution in [3.63, 3.8) is 0 Å². The molecule has 234 valence electrons. The molecule has 0 fully saturated rings. The molecular formula is C41H43N3O2. The van der Waals surface area contributed by atoms with Crippen LogP contribution in [0.5, 0.6) is 0 Å². The molecular weight excluding hydrogens is 566 g/mol. The number of hydrogen-bond acceptors (Lipinski definition) is 5. The van der Waals surface area contributed by atoms with E-state index < -0.39 is 23.3 Å². The lowest BCUT2D eigenvalue weighted by Crippen LogP contribution is -2.43. The Hall–Kier alpha value is -4.71. The average Bonchev–Trinajstić information content (AvgIpc) is 3.09. The standard InChI is InChI=1S/C41H43N3O2/c1-30(2)38(40(45,32-18-9-5-10-19-32)33-20-11-6-12-21-33)42-28-36-26-17-27-37(44-36)29-43-39(31(3)4)41(46,34-22-13-7-14-23-34)35-24-15-8-16-25-35/h5-31,38-39,45-46H,1-4H3/t38-,39-/m0/s1. The van der Waals surface area contributed by atoms with Gasteiger partial charge in [0, 0.05) is 12.4 Å². The van der Waals surface area contributed by atoms with Gasteiger partial charge in [0.25, 0.3) is 0 Å². The third kappa shape index (κ3) is 6.91. The van der Waals surface area contributed by atoms with Crippen LogP contribution in [-0.4, -0.2) is 39.7 Å². The molecule has 5 heteroatoms. The molecule has 0 aliphatic rings. The van der Waals surface area contributed by atoms with Gasteiger partial charge in [0.15, 0.2) is 0 Å². The second-order valence-electron chi connectivity index (χ2n) is 12.4. The highest BCUT2D eigenvalue weighted by Gasteiger charge is 2.43. The zero-order valence-corrected chi connectivity index (χ0v) is 27.0. The lowest BCUT2D eigenvalue weighted by molar-refractivity contribution is 0.0363. The van der Waals surface area contributed by atoms with Crippen LogP contribution in [0.4, 0.5) is 0 Å². The van der Waals surface area contributed by atoms with Gasteiger partial charge in [0.2, 0.25) is 0 Å². The Morgan fingerprint density at radius 1 is 0.457 bits per heavy atom. The van der Waals surface area contributed by atoms with Crippen molar-refractivity contribution in [1.29, 1.82) is 0 Å². The van der Waals surface area contributed by atoms with Crippen LogP contribution in [0.1, 0.15) is 61.3 Å². The molecule has 0 saturated heterocycles. The van der Waals surface area contributed by atoms with Crippen LogP contribution in [0.15, 0.2) is 150 Å². The monoisotopic (exact) mass is 609 g/mol. The van der Waals surface area contributed by atoms with Gasteiger partial charge in [-0.3, -0.25) is 9.98 Å². The van der Waals surface area contributed by atoms with Gasteiger partial charge in [-0.1, -0.05) is 155 Å². The number of rotatable bonds is 12. The van der Waals surface area contributed by atoms with Crippen molar-refractivity contribution >= 4 is 12.4 Å². The fourth-order valence-electron chi connectivity index (χ4n) is 6.24. The van der Waals surface area contributed by atoms with E-state index in [-0.39, 0.29) is 11.8 Å². The summed E-state index contributed by atoms with van der Waals surface area (Å²) in [6.45, 7) is 8.29. The fourth-order valence-corrected chi connectivity index (χ4v) is 6.24. The predicted octanol–water partition coefficient (Wildman–Crippen LogP) is 7.84. The largest absolute Gasteiger partial charge is 0.378 e. The van der Waals surface area contributed by atoms with Crippen molar-refractivity contribution in [2.45, 2.75) is 51.0 Å². The second-order valence-corrected chi connectivity index (χ2v) is 12.4. The van der Waals surface area contributed by atoms with Crippen LogP contribution in [0, 0.1) is 11.8 Å². The highest BCUT2D eigenvalue weighted by Crippen LogP contribution is 2.39. The summed E-state index contributed by atoms with van der Waals surface area (Å²) in [5.41, 5.74) is 1.78. The predicted molar refractivity (Wildman–Crippen MR) is 188 cm³/mol. The zero-order chi connectivity index (χ0) is 32.6. The van der Waals surface area contributed by atoms with Gasteiger partial charge in [0.05, 0.1) is 23.5 Å². The molecule has 0 bridgehead atoms. The van der Waals surface area contributed by atoms with Crippen LogP contribution in [-0.2, 0) is 11.2 Å². The zero-order valence-electron chi connectivity index (χ0n) is 27.0. The first-order valence-corrected chi connectivity index (χ1v) is 15.9. The van der Waals surface area contributed by atoms with Crippen molar-refractivity contribution < 1.29 is 10.2 Å². The molecule has 0 aliphatic heterocycles. The Balaban J connectivity index is 1.49. The number of pyridine rings is 1. The number of hydrogen-bond donors (Lipinski definition) is 2. The minimum absolute atomic E-state index is 0.0202. The minimum Gasteiger partial charge on any atom is -0.378 e. The summed E-state index contributed by atoms with van der Waals surface area (Å²) < 4.78 is 0. The van der Waals surface area contributed by atoms with Gasteiger partial charge in [-0.25, -0.2) is 4.98 Å². The second kappa shape index (κ2) is 14.6. The van der Waals surface area contributed by atoms with Crippen LogP contribution >= 0.6 is 0 Å². The van der Waals surface area contributed by atoms with E-state index in [4.69, 9.17) is 15.0 Å². The lowest BCUT2D eigenvalue weighted by Gasteiger charge is -2.37. The molecule has 1 aromatic heterocycles. The third-order valence-electron chi connectivity index (χ3n) is 8.50. The first kappa shape index (κ1) is 32.7. The number of aliphatic hydroxyl groups is 2. The SMILES string of the molecule is CC(C)[C@H](N=Cc1cccc(C=N[C@@H](C(C)C)C(O)(c2ccccc2)c2ccccc2)n1)C(O)(c1ccccc1)c1ccccc1. The van der Waals surface area contributed by atoms with E-state index in [9.17, 15) is 10.2 Å². The maximum atomic E-state index is 12.4. The van der Waals surface area contributed by atoms with Crippen molar-refractivity contribution in [3.8, 4) is 0 Å². The summed E-state index contributed by atoms with van der Waals surface area (Å²) in [6, 6.07) is 43.7. The quantitative estimate of drug-likeness (QED) is 0.142. The molecule has 2 atom stereocenters. The van der Waals surface area contributed by atoms with Crippen molar-refractivity contribution in [2.24, 2.45) is 21.8 Å². The Kier molecular flexibility index (Phi) is 10.4. The molecule has 5 aromatic rings. The summed E-state index contributed by atoms with van der Waals surface area (Å²) in [5, 5.41) is 24.8. The summed E-state index contributed by atoms with van der Waals surface area (Å²) in [7, 11) is 0. The van der Waals surface area contributed by atoms with Crippen molar-refractivity contribution in [3.05, 3.63) is 173 Å². The van der Waals surface area contributed by atoms with E-state index in [1.54, 1.807) is 12.4 Å². The first-order chi connectivity index (χ1) is 22.2. The molecule has 0 aliphatic carbocycles. The number of aliphatic imine (C=N–C) groups is 2. The number of aromatic nitrogens is 1. The smallest absolute Gasteiger partial charge is 0.137 e. The van der Waals surface area contributed by atoms with Crippen molar-refractivity contribution in [2.75, 3.05) is 0 Å². The van der Waals surface area contributed by atoms with Crippen LogP contribution < -0.4 is 0 Å². The van der Waals surface area contributed by atoms with E-state index in [0.717, 1.165) is 22.3 Å². The summed E-state index contributed by atoms with van der Waals surface area (Å²) in [5.74, 6) is 0.0405. The Bertz CT molecular complexity index is 1510. The van der Waals surface area contributed by atoms with E-state index in [0.29, 0.717) is 11.4 Å². The third-order valence-corrected chi connectivity index (χ3v) is 8.50. The molecule has 1 heterocycles. The summed E-state index contributed by atoms with van der Waals surface area (Å²) in [4.78, 5) is 14.8. The number of benzene rings is 4. The van der Waals surface area contributed by atoms with Crippen LogP contribution in [0.3, 0.4) is 0 Å². The van der Waals surface area contributed by atoms with Gasteiger partial charge in [-0.2, -0.15) is 0 Å².